The zero-order chi connectivity index (χ0) is 18.4. The molecular weight excluding hydrogens is 479 g/mol. The van der Waals surface area contributed by atoms with Gasteiger partial charge in [0.15, 0.2) is 5.96 Å². The average molecular weight is 508 g/mol. The Kier molecular flexibility index (Phi) is 8.70. The Morgan fingerprint density at radius 3 is 2.59 bits per heavy atom. The number of nitrogens with zero attached hydrogens (tertiary/aromatic N) is 3. The van der Waals surface area contributed by atoms with Gasteiger partial charge in [0.1, 0.15) is 4.90 Å². The fourth-order valence-corrected chi connectivity index (χ4v) is 4.19. The summed E-state index contributed by atoms with van der Waals surface area (Å²) in [6.45, 7) is 3.02. The highest BCUT2D eigenvalue weighted by atomic mass is 127. The Hall–Kier alpha value is -0.980. The monoisotopic (exact) mass is 508 g/mol. The first-order valence-electron chi connectivity index (χ1n) is 9.19. The molecule has 0 radical (unpaired) electrons. The van der Waals surface area contributed by atoms with Crippen LogP contribution >= 0.6 is 24.0 Å². The van der Waals surface area contributed by atoms with Crippen molar-refractivity contribution in [3.63, 3.8) is 0 Å². The van der Waals surface area contributed by atoms with E-state index in [9.17, 15) is 8.42 Å². The summed E-state index contributed by atoms with van der Waals surface area (Å²) in [5.41, 5.74) is 0. The zero-order valence-corrected chi connectivity index (χ0v) is 18.7. The minimum absolute atomic E-state index is 0. The molecule has 1 aliphatic carbocycles. The lowest BCUT2D eigenvalue weighted by molar-refractivity contribution is 0.197. The third-order valence-electron chi connectivity index (χ3n) is 4.81. The minimum Gasteiger partial charge on any atom is -0.355 e. The first kappa shape index (κ1) is 22.3. The van der Waals surface area contributed by atoms with Gasteiger partial charge in [-0.1, -0.05) is 0 Å². The summed E-state index contributed by atoms with van der Waals surface area (Å²) in [6, 6.07) is 4.38. The van der Waals surface area contributed by atoms with Crippen molar-refractivity contribution in [2.45, 2.75) is 42.7 Å². The van der Waals surface area contributed by atoms with Gasteiger partial charge in [-0.05, 0) is 37.8 Å². The summed E-state index contributed by atoms with van der Waals surface area (Å²) >= 11 is 0. The van der Waals surface area contributed by atoms with Crippen LogP contribution in [0.25, 0.3) is 0 Å². The van der Waals surface area contributed by atoms with Crippen LogP contribution in [0, 0.1) is 0 Å². The average Bonchev–Trinajstić information content (AvgIpc) is 3.51. The fourth-order valence-electron chi connectivity index (χ4n) is 3.19. The van der Waals surface area contributed by atoms with E-state index in [1.807, 2.05) is 0 Å². The molecule has 0 amide bonds. The van der Waals surface area contributed by atoms with E-state index in [2.05, 4.69) is 30.2 Å². The summed E-state index contributed by atoms with van der Waals surface area (Å²) in [5.74, 6) is 0.718. The first-order valence-corrected chi connectivity index (χ1v) is 10.7. The molecule has 27 heavy (non-hydrogen) atoms. The molecule has 3 N–H and O–H groups in total. The number of aromatic nitrogens is 1. The fraction of sp³-hybridized carbons (Fsp3) is 0.647. The van der Waals surface area contributed by atoms with Crippen LogP contribution in [0.5, 0.6) is 0 Å². The molecule has 1 saturated carbocycles. The van der Waals surface area contributed by atoms with Gasteiger partial charge < -0.3 is 15.5 Å². The van der Waals surface area contributed by atoms with Crippen molar-refractivity contribution in [1.29, 1.82) is 0 Å². The maximum Gasteiger partial charge on any atom is 0.242 e. The van der Waals surface area contributed by atoms with Crippen molar-refractivity contribution < 1.29 is 8.42 Å². The lowest BCUT2D eigenvalue weighted by atomic mass is 10.1. The van der Waals surface area contributed by atoms with Gasteiger partial charge in [-0.25, -0.2) is 13.1 Å². The summed E-state index contributed by atoms with van der Waals surface area (Å²) < 4.78 is 26.8. The number of guanidine groups is 1. The summed E-state index contributed by atoms with van der Waals surface area (Å²) in [7, 11) is -1.79. The van der Waals surface area contributed by atoms with Gasteiger partial charge in [-0.2, -0.15) is 0 Å². The SMILES string of the molecule is CN=C(NCCNS(=O)(=O)c1cccnc1)NC1CCN(C2CC2)CC1.I. The number of rotatable bonds is 7. The van der Waals surface area contributed by atoms with Gasteiger partial charge in [-0.3, -0.25) is 9.98 Å². The van der Waals surface area contributed by atoms with E-state index < -0.39 is 10.0 Å². The quantitative estimate of drug-likeness (QED) is 0.218. The van der Waals surface area contributed by atoms with E-state index in [0.717, 1.165) is 37.9 Å². The third kappa shape index (κ3) is 6.84. The second kappa shape index (κ2) is 10.5. The third-order valence-corrected chi connectivity index (χ3v) is 6.26. The van der Waals surface area contributed by atoms with Crippen LogP contribution in [0.4, 0.5) is 0 Å². The molecule has 1 aromatic heterocycles. The Balaban J connectivity index is 0.00000261. The highest BCUT2D eigenvalue weighted by Crippen LogP contribution is 2.29. The number of pyridine rings is 1. The Labute approximate surface area is 178 Å². The van der Waals surface area contributed by atoms with E-state index in [1.54, 1.807) is 19.3 Å². The molecule has 8 nitrogen and oxygen atoms in total. The number of sulfonamides is 1. The molecule has 152 valence electrons. The molecular formula is C17H29IN6O2S. The molecule has 10 heteroatoms. The molecule has 1 saturated heterocycles. The predicted molar refractivity (Wildman–Crippen MR) is 117 cm³/mol. The normalized spacial score (nSPS) is 19.4. The van der Waals surface area contributed by atoms with E-state index in [0.29, 0.717) is 12.6 Å². The molecule has 0 bridgehead atoms. The number of halogens is 1. The van der Waals surface area contributed by atoms with Gasteiger partial charge in [0.05, 0.1) is 0 Å². The summed E-state index contributed by atoms with van der Waals surface area (Å²) in [6.07, 6.45) is 7.83. The Morgan fingerprint density at radius 2 is 2.00 bits per heavy atom. The molecule has 1 aliphatic heterocycles. The number of piperidine rings is 1. The number of aliphatic imine (C=N–C) groups is 1. The van der Waals surface area contributed by atoms with Crippen molar-refractivity contribution in [3.8, 4) is 0 Å². The highest BCUT2D eigenvalue weighted by molar-refractivity contribution is 14.0. The standard InChI is InChI=1S/C17H28N6O2S.HI/c1-18-17(22-14-6-11-23(12-7-14)15-4-5-15)20-9-10-21-26(24,25)16-3-2-8-19-13-16;/h2-3,8,13-15,21H,4-7,9-12H2,1H3,(H2,18,20,22);1H. The van der Waals surface area contributed by atoms with Gasteiger partial charge in [-0.15, -0.1) is 24.0 Å². The molecule has 0 atom stereocenters. The molecule has 2 fully saturated rings. The van der Waals surface area contributed by atoms with E-state index in [1.165, 1.54) is 25.1 Å². The smallest absolute Gasteiger partial charge is 0.242 e. The number of nitrogens with one attached hydrogen (secondary N) is 3. The maximum absolute atomic E-state index is 12.1. The van der Waals surface area contributed by atoms with Crippen LogP contribution in [0.3, 0.4) is 0 Å². The maximum atomic E-state index is 12.1. The Morgan fingerprint density at radius 1 is 1.26 bits per heavy atom. The van der Waals surface area contributed by atoms with E-state index in [4.69, 9.17) is 0 Å². The van der Waals surface area contributed by atoms with Crippen molar-refractivity contribution in [2.24, 2.45) is 4.99 Å². The second-order valence-corrected chi connectivity index (χ2v) is 8.54. The largest absolute Gasteiger partial charge is 0.355 e. The number of hydrogen-bond acceptors (Lipinski definition) is 5. The van der Waals surface area contributed by atoms with E-state index in [-0.39, 0.29) is 35.4 Å². The van der Waals surface area contributed by atoms with Gasteiger partial charge in [0.2, 0.25) is 10.0 Å². The predicted octanol–water partition coefficient (Wildman–Crippen LogP) is 0.770. The molecule has 1 aromatic rings. The van der Waals surface area contributed by atoms with Crippen LogP contribution in [0.2, 0.25) is 0 Å². The Bertz CT molecular complexity index is 703. The van der Waals surface area contributed by atoms with Crippen molar-refractivity contribution in [3.05, 3.63) is 24.5 Å². The van der Waals surface area contributed by atoms with Crippen LogP contribution in [0.15, 0.2) is 34.4 Å². The van der Waals surface area contributed by atoms with Crippen molar-refractivity contribution in [1.82, 2.24) is 25.2 Å². The van der Waals surface area contributed by atoms with Crippen LogP contribution in [-0.4, -0.2) is 69.6 Å². The second-order valence-electron chi connectivity index (χ2n) is 6.77. The number of likely N-dealkylation sites (tertiary alicyclic amines) is 1. The lowest BCUT2D eigenvalue weighted by Crippen LogP contribution is -2.50. The topological polar surface area (TPSA) is 98.7 Å². The highest BCUT2D eigenvalue weighted by Gasteiger charge is 2.31. The van der Waals surface area contributed by atoms with Crippen molar-refractivity contribution in [2.75, 3.05) is 33.2 Å². The van der Waals surface area contributed by atoms with Crippen LogP contribution < -0.4 is 15.4 Å². The van der Waals surface area contributed by atoms with Crippen molar-refractivity contribution >= 4 is 40.0 Å². The van der Waals surface area contributed by atoms with Gasteiger partial charge in [0, 0.05) is 57.7 Å². The van der Waals surface area contributed by atoms with Crippen LogP contribution in [0.1, 0.15) is 25.7 Å². The van der Waals surface area contributed by atoms with Gasteiger partial charge in [0.25, 0.3) is 0 Å². The van der Waals surface area contributed by atoms with Crippen LogP contribution in [-0.2, 0) is 10.0 Å². The molecule has 0 unspecified atom stereocenters. The van der Waals surface area contributed by atoms with E-state index >= 15 is 0 Å². The zero-order valence-electron chi connectivity index (χ0n) is 15.6. The molecule has 0 spiro atoms. The first-order chi connectivity index (χ1) is 12.6. The number of hydrogen-bond donors (Lipinski definition) is 3. The minimum atomic E-state index is -3.52. The molecule has 0 aromatic carbocycles. The molecule has 3 rings (SSSR count). The summed E-state index contributed by atoms with van der Waals surface area (Å²) in [5, 5.41) is 6.61. The summed E-state index contributed by atoms with van der Waals surface area (Å²) in [4.78, 5) is 10.8. The van der Waals surface area contributed by atoms with Gasteiger partial charge >= 0.3 is 0 Å². The molecule has 2 aliphatic rings. The lowest BCUT2D eigenvalue weighted by Gasteiger charge is -2.33. The molecule has 2 heterocycles.